The van der Waals surface area contributed by atoms with Crippen molar-refractivity contribution in [3.8, 4) is 11.5 Å². The molecule has 7 nitrogen and oxygen atoms in total. The first-order valence-corrected chi connectivity index (χ1v) is 7.94. The van der Waals surface area contributed by atoms with Gasteiger partial charge in [-0.25, -0.2) is 5.43 Å². The highest BCUT2D eigenvalue weighted by atomic mass is 35.5. The smallest absolute Gasteiger partial charge is 0.326 e. The third-order valence-corrected chi connectivity index (χ3v) is 3.12. The summed E-state index contributed by atoms with van der Waals surface area (Å²) in [5.74, 6) is -0.558. The third kappa shape index (κ3) is 5.58. The van der Waals surface area contributed by atoms with Crippen LogP contribution in [0.4, 0.5) is 0 Å². The first kappa shape index (κ1) is 18.4. The van der Waals surface area contributed by atoms with Crippen molar-refractivity contribution >= 4 is 29.7 Å². The second kappa shape index (κ2) is 9.39. The summed E-state index contributed by atoms with van der Waals surface area (Å²) in [6.45, 7) is 2.20. The zero-order chi connectivity index (χ0) is 18.1. The molecule has 2 aromatic rings. The number of hydrogen-bond acceptors (Lipinski definition) is 6. The van der Waals surface area contributed by atoms with E-state index >= 15 is 0 Å². The van der Waals surface area contributed by atoms with Crippen LogP contribution in [0.1, 0.15) is 22.8 Å². The van der Waals surface area contributed by atoms with E-state index in [4.69, 9.17) is 21.1 Å². The predicted octanol–water partition coefficient (Wildman–Crippen LogP) is 2.39. The number of rotatable bonds is 7. The summed E-state index contributed by atoms with van der Waals surface area (Å²) >= 11 is 5.43. The molecule has 1 amide bonds. The number of carbonyl (C=O) groups excluding carboxylic acids is 2. The average molecular weight is 362 g/mol. The van der Waals surface area contributed by atoms with Crippen LogP contribution in [0.2, 0.25) is 0 Å². The van der Waals surface area contributed by atoms with Gasteiger partial charge in [0.15, 0.2) is 11.5 Å². The van der Waals surface area contributed by atoms with Gasteiger partial charge in [0, 0.05) is 12.4 Å². The Bertz CT molecular complexity index is 766. The molecule has 1 heterocycles. The Morgan fingerprint density at radius 1 is 1.32 bits per heavy atom. The van der Waals surface area contributed by atoms with E-state index in [9.17, 15) is 9.59 Å². The second-order valence-corrected chi connectivity index (χ2v) is 4.95. The average Bonchev–Trinajstić information content (AvgIpc) is 2.64. The van der Waals surface area contributed by atoms with Gasteiger partial charge < -0.3 is 9.47 Å². The third-order valence-electron chi connectivity index (χ3n) is 2.90. The normalized spacial score (nSPS) is 10.5. The number of nitrogens with one attached hydrogen (secondary N) is 1. The maximum absolute atomic E-state index is 11.9. The summed E-state index contributed by atoms with van der Waals surface area (Å²) in [5, 5.41) is 3.89. The maximum Gasteiger partial charge on any atom is 0.326 e. The number of ether oxygens (including phenoxy) is 2. The van der Waals surface area contributed by atoms with Crippen molar-refractivity contribution in [2.45, 2.75) is 6.92 Å². The summed E-state index contributed by atoms with van der Waals surface area (Å²) in [5.41, 5.74) is 3.46. The fraction of sp³-hybridized carbons (Fsp3) is 0.176. The molecular formula is C17H16ClN3O4. The van der Waals surface area contributed by atoms with Gasteiger partial charge in [0.2, 0.25) is 0 Å². The second-order valence-electron chi connectivity index (χ2n) is 4.69. The van der Waals surface area contributed by atoms with Crippen LogP contribution in [-0.2, 0) is 4.79 Å². The Kier molecular flexibility index (Phi) is 6.91. The van der Waals surface area contributed by atoms with Gasteiger partial charge in [-0.15, -0.1) is 11.6 Å². The number of esters is 1. The fourth-order valence-electron chi connectivity index (χ4n) is 1.83. The zero-order valence-electron chi connectivity index (χ0n) is 13.4. The van der Waals surface area contributed by atoms with Crippen molar-refractivity contribution in [3.63, 3.8) is 0 Å². The number of hydrogen-bond donors (Lipinski definition) is 1. The van der Waals surface area contributed by atoms with E-state index in [0.29, 0.717) is 23.5 Å². The van der Waals surface area contributed by atoms with Crippen LogP contribution in [0.25, 0.3) is 0 Å². The van der Waals surface area contributed by atoms with Gasteiger partial charge in [0.1, 0.15) is 5.88 Å². The summed E-state index contributed by atoms with van der Waals surface area (Å²) in [6.07, 6.45) is 4.47. The molecule has 1 N–H and O–H groups in total. The molecule has 0 saturated heterocycles. The van der Waals surface area contributed by atoms with E-state index in [1.54, 1.807) is 36.5 Å². The van der Waals surface area contributed by atoms with E-state index < -0.39 is 5.97 Å². The largest absolute Gasteiger partial charge is 0.490 e. The highest BCUT2D eigenvalue weighted by Crippen LogP contribution is 2.28. The molecule has 0 bridgehead atoms. The molecule has 130 valence electrons. The molecule has 0 aliphatic rings. The SMILES string of the molecule is CCOc1cc(/C=N\NC(=O)c2cccnc2)ccc1OC(=O)CCl. The van der Waals surface area contributed by atoms with Gasteiger partial charge in [-0.3, -0.25) is 14.6 Å². The molecule has 1 aromatic carbocycles. The lowest BCUT2D eigenvalue weighted by Gasteiger charge is -2.10. The minimum Gasteiger partial charge on any atom is -0.490 e. The van der Waals surface area contributed by atoms with Crippen molar-refractivity contribution in [3.05, 3.63) is 53.9 Å². The number of benzene rings is 1. The first-order valence-electron chi connectivity index (χ1n) is 7.41. The Morgan fingerprint density at radius 3 is 2.84 bits per heavy atom. The van der Waals surface area contributed by atoms with Crippen molar-refractivity contribution in [2.24, 2.45) is 5.10 Å². The molecule has 0 saturated carbocycles. The molecule has 0 aliphatic carbocycles. The Morgan fingerprint density at radius 2 is 2.16 bits per heavy atom. The molecule has 0 aliphatic heterocycles. The van der Waals surface area contributed by atoms with Crippen LogP contribution in [0.3, 0.4) is 0 Å². The van der Waals surface area contributed by atoms with Crippen LogP contribution >= 0.6 is 11.6 Å². The highest BCUT2D eigenvalue weighted by molar-refractivity contribution is 6.26. The number of aromatic nitrogens is 1. The lowest BCUT2D eigenvalue weighted by Crippen LogP contribution is -2.17. The number of nitrogens with zero attached hydrogens (tertiary/aromatic N) is 2. The molecular weight excluding hydrogens is 346 g/mol. The number of hydrazone groups is 1. The van der Waals surface area contributed by atoms with E-state index in [1.807, 2.05) is 6.92 Å². The van der Waals surface area contributed by atoms with E-state index in [-0.39, 0.29) is 17.5 Å². The maximum atomic E-state index is 11.9. The van der Waals surface area contributed by atoms with Crippen molar-refractivity contribution in [2.75, 3.05) is 12.5 Å². The van der Waals surface area contributed by atoms with Gasteiger partial charge in [-0.1, -0.05) is 0 Å². The highest BCUT2D eigenvalue weighted by Gasteiger charge is 2.10. The Labute approximate surface area is 149 Å². The molecule has 25 heavy (non-hydrogen) atoms. The van der Waals surface area contributed by atoms with Gasteiger partial charge in [0.25, 0.3) is 5.91 Å². The van der Waals surface area contributed by atoms with Gasteiger partial charge in [0.05, 0.1) is 18.4 Å². The summed E-state index contributed by atoms with van der Waals surface area (Å²) in [7, 11) is 0. The van der Waals surface area contributed by atoms with Crippen LogP contribution < -0.4 is 14.9 Å². The molecule has 8 heteroatoms. The monoisotopic (exact) mass is 361 g/mol. The topological polar surface area (TPSA) is 89.9 Å². The van der Waals surface area contributed by atoms with Gasteiger partial charge >= 0.3 is 5.97 Å². The molecule has 0 fully saturated rings. The Balaban J connectivity index is 2.07. The predicted molar refractivity (Wildman–Crippen MR) is 93.3 cm³/mol. The number of amides is 1. The molecule has 0 spiro atoms. The van der Waals surface area contributed by atoms with E-state index in [0.717, 1.165) is 0 Å². The first-order chi connectivity index (χ1) is 12.1. The van der Waals surface area contributed by atoms with Crippen LogP contribution in [0.5, 0.6) is 11.5 Å². The molecule has 0 radical (unpaired) electrons. The van der Waals surface area contributed by atoms with Gasteiger partial charge in [-0.05, 0) is 42.8 Å². The lowest BCUT2D eigenvalue weighted by molar-refractivity contribution is -0.131. The zero-order valence-corrected chi connectivity index (χ0v) is 14.2. The molecule has 1 aromatic heterocycles. The number of alkyl halides is 1. The van der Waals surface area contributed by atoms with Crippen molar-refractivity contribution < 1.29 is 19.1 Å². The van der Waals surface area contributed by atoms with Crippen LogP contribution in [0, 0.1) is 0 Å². The number of pyridine rings is 1. The van der Waals surface area contributed by atoms with Crippen molar-refractivity contribution in [1.29, 1.82) is 0 Å². The van der Waals surface area contributed by atoms with E-state index in [2.05, 4.69) is 15.5 Å². The van der Waals surface area contributed by atoms with Crippen LogP contribution in [-0.4, -0.2) is 35.6 Å². The molecule has 0 unspecified atom stereocenters. The summed E-state index contributed by atoms with van der Waals surface area (Å²) < 4.78 is 10.5. The minimum atomic E-state index is -0.576. The summed E-state index contributed by atoms with van der Waals surface area (Å²) in [4.78, 5) is 27.0. The number of carbonyl (C=O) groups is 2. The molecule has 0 atom stereocenters. The minimum absolute atomic E-state index is 0.255. The van der Waals surface area contributed by atoms with Gasteiger partial charge in [-0.2, -0.15) is 5.10 Å². The Hall–Kier alpha value is -2.93. The number of halogens is 1. The quantitative estimate of drug-likeness (QED) is 0.269. The van der Waals surface area contributed by atoms with E-state index in [1.165, 1.54) is 12.4 Å². The molecule has 2 rings (SSSR count). The van der Waals surface area contributed by atoms with Crippen molar-refractivity contribution in [1.82, 2.24) is 10.4 Å². The fourth-order valence-corrected chi connectivity index (χ4v) is 1.89. The standard InChI is InChI=1S/C17H16ClN3O4/c1-2-24-15-8-12(5-6-14(15)25-16(22)9-18)10-20-21-17(23)13-4-3-7-19-11-13/h3-8,10-11H,2,9H2,1H3,(H,21,23)/b20-10-. The lowest BCUT2D eigenvalue weighted by atomic mass is 10.2. The summed E-state index contributed by atoms with van der Waals surface area (Å²) in [6, 6.07) is 8.16. The van der Waals surface area contributed by atoms with Crippen LogP contribution in [0.15, 0.2) is 47.8 Å².